The molecule has 0 aliphatic heterocycles. The van der Waals surface area contributed by atoms with Crippen LogP contribution in [0.15, 0.2) is 60.7 Å². The first-order valence-corrected chi connectivity index (χ1v) is 12.4. The van der Waals surface area contributed by atoms with Crippen molar-refractivity contribution >= 4 is 45.8 Å². The van der Waals surface area contributed by atoms with Gasteiger partial charge < -0.3 is 10.2 Å². The summed E-state index contributed by atoms with van der Waals surface area (Å²) < 4.78 is 0. The van der Waals surface area contributed by atoms with Crippen molar-refractivity contribution < 1.29 is 9.59 Å². The highest BCUT2D eigenvalue weighted by molar-refractivity contribution is 6.42. The fourth-order valence-corrected chi connectivity index (χ4v) is 4.42. The number of nitrogens with zero attached hydrogens (tertiary/aromatic N) is 1. The van der Waals surface area contributed by atoms with E-state index >= 15 is 0 Å². The van der Waals surface area contributed by atoms with Crippen molar-refractivity contribution in [1.29, 1.82) is 0 Å². The molecule has 3 rings (SSSR count). The Balaban J connectivity index is 1.86. The number of aryl methyl sites for hydroxylation is 1. The molecule has 6 heteroatoms. The van der Waals surface area contributed by atoms with Crippen molar-refractivity contribution in [2.24, 2.45) is 0 Å². The molecule has 4 nitrogen and oxygen atoms in total. The summed E-state index contributed by atoms with van der Waals surface area (Å²) >= 11 is 12.3. The maximum atomic E-state index is 13.6. The van der Waals surface area contributed by atoms with Crippen LogP contribution in [-0.2, 0) is 22.6 Å². The quantitative estimate of drug-likeness (QED) is 0.371. The van der Waals surface area contributed by atoms with Crippen molar-refractivity contribution in [2.75, 3.05) is 0 Å². The molecule has 0 aliphatic rings. The summed E-state index contributed by atoms with van der Waals surface area (Å²) in [5.41, 5.74) is 1.55. The Morgan fingerprint density at radius 3 is 2.35 bits per heavy atom. The van der Waals surface area contributed by atoms with Gasteiger partial charge in [-0.3, -0.25) is 9.59 Å². The minimum Gasteiger partial charge on any atom is -0.350 e. The fraction of sp³-hybridized carbons (Fsp3) is 0.357. The molecule has 0 saturated heterocycles. The van der Waals surface area contributed by atoms with Crippen LogP contribution in [0.3, 0.4) is 0 Å². The third-order valence-electron chi connectivity index (χ3n) is 5.71. The van der Waals surface area contributed by atoms with E-state index < -0.39 is 11.6 Å². The highest BCUT2D eigenvalue weighted by Gasteiger charge is 2.30. The Morgan fingerprint density at radius 2 is 1.68 bits per heavy atom. The molecular weight excluding hydrogens is 467 g/mol. The lowest BCUT2D eigenvalue weighted by molar-refractivity contribution is -0.142. The van der Waals surface area contributed by atoms with Gasteiger partial charge in [-0.05, 0) is 67.6 Å². The van der Waals surface area contributed by atoms with E-state index in [1.165, 1.54) is 0 Å². The topological polar surface area (TPSA) is 49.4 Å². The molecule has 180 valence electrons. The molecular formula is C28H32Cl2N2O2. The second-order valence-corrected chi connectivity index (χ2v) is 10.4. The fourth-order valence-electron chi connectivity index (χ4n) is 4.10. The highest BCUT2D eigenvalue weighted by Crippen LogP contribution is 2.25. The van der Waals surface area contributed by atoms with Gasteiger partial charge >= 0.3 is 0 Å². The molecule has 1 atom stereocenters. The van der Waals surface area contributed by atoms with Gasteiger partial charge in [-0.1, -0.05) is 78.7 Å². The largest absolute Gasteiger partial charge is 0.350 e. The molecule has 1 N–H and O–H groups in total. The first kappa shape index (κ1) is 26.1. The van der Waals surface area contributed by atoms with Gasteiger partial charge in [0.05, 0.1) is 10.0 Å². The number of hydrogen-bond acceptors (Lipinski definition) is 2. The van der Waals surface area contributed by atoms with Gasteiger partial charge in [0.25, 0.3) is 0 Å². The van der Waals surface area contributed by atoms with Gasteiger partial charge in [-0.25, -0.2) is 0 Å². The normalized spacial score (nSPS) is 12.4. The van der Waals surface area contributed by atoms with E-state index in [0.717, 1.165) is 21.9 Å². The lowest BCUT2D eigenvalue weighted by atomic mass is 10.00. The molecule has 0 unspecified atom stereocenters. The van der Waals surface area contributed by atoms with E-state index in [1.807, 2.05) is 52.0 Å². The van der Waals surface area contributed by atoms with Crippen molar-refractivity contribution in [3.63, 3.8) is 0 Å². The van der Waals surface area contributed by atoms with E-state index in [9.17, 15) is 9.59 Å². The van der Waals surface area contributed by atoms with Crippen molar-refractivity contribution in [2.45, 2.75) is 65.1 Å². The van der Waals surface area contributed by atoms with E-state index in [2.05, 4.69) is 29.6 Å². The number of rotatable bonds is 8. The average Bonchev–Trinajstić information content (AvgIpc) is 2.78. The first-order chi connectivity index (χ1) is 16.1. The lowest BCUT2D eigenvalue weighted by Crippen LogP contribution is -2.53. The zero-order valence-corrected chi connectivity index (χ0v) is 21.7. The summed E-state index contributed by atoms with van der Waals surface area (Å²) in [5.74, 6) is -0.233. The third-order valence-corrected chi connectivity index (χ3v) is 6.45. The zero-order valence-electron chi connectivity index (χ0n) is 20.2. The molecule has 2 amide bonds. The van der Waals surface area contributed by atoms with E-state index in [4.69, 9.17) is 23.2 Å². The van der Waals surface area contributed by atoms with Gasteiger partial charge in [0, 0.05) is 18.5 Å². The van der Waals surface area contributed by atoms with Crippen LogP contribution in [0.25, 0.3) is 10.8 Å². The van der Waals surface area contributed by atoms with Crippen LogP contribution in [0.4, 0.5) is 0 Å². The maximum absolute atomic E-state index is 13.6. The van der Waals surface area contributed by atoms with Crippen LogP contribution in [0.2, 0.25) is 10.0 Å². The van der Waals surface area contributed by atoms with E-state index in [0.29, 0.717) is 29.3 Å². The van der Waals surface area contributed by atoms with Gasteiger partial charge in [-0.2, -0.15) is 0 Å². The van der Waals surface area contributed by atoms with Gasteiger partial charge in [0.15, 0.2) is 0 Å². The summed E-state index contributed by atoms with van der Waals surface area (Å²) in [7, 11) is 0. The molecule has 34 heavy (non-hydrogen) atoms. The first-order valence-electron chi connectivity index (χ1n) is 11.6. The smallest absolute Gasteiger partial charge is 0.243 e. The van der Waals surface area contributed by atoms with E-state index in [1.54, 1.807) is 17.0 Å². The van der Waals surface area contributed by atoms with Crippen molar-refractivity contribution in [1.82, 2.24) is 10.2 Å². The molecule has 0 heterocycles. The van der Waals surface area contributed by atoms with Crippen molar-refractivity contribution in [3.05, 3.63) is 81.8 Å². The molecule has 0 radical (unpaired) electrons. The third kappa shape index (κ3) is 6.74. The molecule has 0 bridgehead atoms. The van der Waals surface area contributed by atoms with Gasteiger partial charge in [-0.15, -0.1) is 0 Å². The number of carbonyl (C=O) groups is 2. The van der Waals surface area contributed by atoms with Gasteiger partial charge in [0.1, 0.15) is 6.04 Å². The average molecular weight is 499 g/mol. The molecule has 0 spiro atoms. The summed E-state index contributed by atoms with van der Waals surface area (Å²) in [6.07, 6.45) is 1.40. The van der Waals surface area contributed by atoms with Crippen LogP contribution < -0.4 is 5.32 Å². The second kappa shape index (κ2) is 11.2. The number of fused-ring (bicyclic) bond motifs is 1. The summed E-state index contributed by atoms with van der Waals surface area (Å²) in [6, 6.07) is 19.0. The summed E-state index contributed by atoms with van der Waals surface area (Å²) in [6.45, 7) is 8.00. The Morgan fingerprint density at radius 1 is 0.971 bits per heavy atom. The number of nitrogens with one attached hydrogen (secondary N) is 1. The van der Waals surface area contributed by atoms with Crippen molar-refractivity contribution in [3.8, 4) is 0 Å². The van der Waals surface area contributed by atoms with Crippen LogP contribution in [0, 0.1) is 0 Å². The Bertz CT molecular complexity index is 1170. The molecule has 0 aliphatic carbocycles. The maximum Gasteiger partial charge on any atom is 0.243 e. The minimum absolute atomic E-state index is 0.0742. The van der Waals surface area contributed by atoms with Crippen LogP contribution in [0.1, 0.15) is 51.7 Å². The minimum atomic E-state index is -0.589. The highest BCUT2D eigenvalue weighted by atomic mass is 35.5. The van der Waals surface area contributed by atoms with Crippen LogP contribution in [-0.4, -0.2) is 28.3 Å². The molecule has 3 aromatic rings. The number of halogens is 2. The lowest BCUT2D eigenvalue weighted by Gasteiger charge is -2.33. The summed E-state index contributed by atoms with van der Waals surface area (Å²) in [5, 5.41) is 6.20. The number of amides is 2. The monoisotopic (exact) mass is 498 g/mol. The molecule has 0 fully saturated rings. The Kier molecular flexibility index (Phi) is 8.62. The summed E-state index contributed by atoms with van der Waals surface area (Å²) in [4.78, 5) is 28.4. The number of carbonyl (C=O) groups excluding carboxylic acids is 2. The van der Waals surface area contributed by atoms with Crippen LogP contribution >= 0.6 is 23.2 Å². The molecule has 0 aromatic heterocycles. The standard InChI is InChI=1S/C28H32Cl2N2O2/c1-5-25(27(34)31-28(2,3)4)32(18-19-13-15-23(29)24(30)17-19)26(33)16-14-21-11-8-10-20-9-6-7-12-22(20)21/h6-13,15,17,25H,5,14,16,18H2,1-4H3,(H,31,34)/t25-/m0/s1. The van der Waals surface area contributed by atoms with Gasteiger partial charge in [0.2, 0.25) is 11.8 Å². The zero-order chi connectivity index (χ0) is 24.9. The Hall–Kier alpha value is -2.56. The van der Waals surface area contributed by atoms with Crippen LogP contribution in [0.5, 0.6) is 0 Å². The predicted molar refractivity (Wildman–Crippen MR) is 141 cm³/mol. The number of hydrogen-bond donors (Lipinski definition) is 1. The predicted octanol–water partition coefficient (Wildman–Crippen LogP) is 6.80. The number of benzene rings is 3. The van der Waals surface area contributed by atoms with E-state index in [-0.39, 0.29) is 18.4 Å². The molecule has 0 saturated carbocycles. The molecule has 3 aromatic carbocycles. The SMILES string of the molecule is CC[C@@H](C(=O)NC(C)(C)C)N(Cc1ccc(Cl)c(Cl)c1)C(=O)CCc1cccc2ccccc12. The Labute approximate surface area is 212 Å². The second-order valence-electron chi connectivity index (χ2n) is 9.57.